The molecule has 0 saturated carbocycles. The van der Waals surface area contributed by atoms with E-state index in [0.717, 1.165) is 21.7 Å². The third-order valence-corrected chi connectivity index (χ3v) is 3.80. The maximum atomic E-state index is 10.2. The minimum atomic E-state index is -0.636. The van der Waals surface area contributed by atoms with E-state index in [-0.39, 0.29) is 0 Å². The topological polar surface area (TPSA) is 46.3 Å². The Morgan fingerprint density at radius 2 is 2.22 bits per heavy atom. The zero-order valence-corrected chi connectivity index (χ0v) is 10.8. The molecule has 0 spiro atoms. The zero-order valence-electron chi connectivity index (χ0n) is 9.96. The highest BCUT2D eigenvalue weighted by Gasteiger charge is 2.15. The molecule has 1 N–H and O–H groups in total. The van der Waals surface area contributed by atoms with E-state index in [9.17, 15) is 5.11 Å². The third-order valence-electron chi connectivity index (χ3n) is 2.81. The lowest BCUT2D eigenvalue weighted by Crippen LogP contribution is -1.99. The van der Waals surface area contributed by atoms with Gasteiger partial charge in [-0.15, -0.1) is 11.3 Å². The van der Waals surface area contributed by atoms with Crippen LogP contribution in [-0.4, -0.2) is 10.1 Å². The van der Waals surface area contributed by atoms with E-state index < -0.39 is 6.10 Å². The summed E-state index contributed by atoms with van der Waals surface area (Å²) in [6, 6.07) is 9.65. The first-order chi connectivity index (χ1) is 8.72. The third kappa shape index (κ3) is 2.17. The quantitative estimate of drug-likeness (QED) is 0.783. The normalized spacial score (nSPS) is 13.0. The van der Waals surface area contributed by atoms with Crippen molar-refractivity contribution in [3.63, 3.8) is 0 Å². The van der Waals surface area contributed by atoms with Gasteiger partial charge in [-0.2, -0.15) is 0 Å². The lowest BCUT2D eigenvalue weighted by molar-refractivity contribution is 0.152. The minimum absolute atomic E-state index is 0.498. The SMILES string of the molecule is Cc1csc(CC(O)c2cc3ccccc3o2)n1. The van der Waals surface area contributed by atoms with Gasteiger partial charge in [0.1, 0.15) is 17.4 Å². The van der Waals surface area contributed by atoms with Gasteiger partial charge in [-0.1, -0.05) is 18.2 Å². The largest absolute Gasteiger partial charge is 0.458 e. The summed E-state index contributed by atoms with van der Waals surface area (Å²) in [7, 11) is 0. The molecular weight excluding hydrogens is 246 g/mol. The molecule has 2 aromatic heterocycles. The summed E-state index contributed by atoms with van der Waals surface area (Å²) >= 11 is 1.57. The van der Waals surface area contributed by atoms with Gasteiger partial charge in [0.15, 0.2) is 0 Å². The maximum absolute atomic E-state index is 10.2. The number of aliphatic hydroxyl groups is 1. The van der Waals surface area contributed by atoms with Gasteiger partial charge in [0, 0.05) is 22.9 Å². The molecule has 0 aliphatic heterocycles. The molecular formula is C14H13NO2S. The summed E-state index contributed by atoms with van der Waals surface area (Å²) in [5.41, 5.74) is 1.80. The predicted molar refractivity (Wildman–Crippen MR) is 71.7 cm³/mol. The summed E-state index contributed by atoms with van der Waals surface area (Å²) < 4.78 is 5.64. The van der Waals surface area contributed by atoms with Crippen LogP contribution in [0.15, 0.2) is 40.1 Å². The number of fused-ring (bicyclic) bond motifs is 1. The fraction of sp³-hybridized carbons (Fsp3) is 0.214. The predicted octanol–water partition coefficient (Wildman–Crippen LogP) is 3.47. The first-order valence-corrected chi connectivity index (χ1v) is 6.68. The number of furan rings is 1. The van der Waals surface area contributed by atoms with Crippen molar-refractivity contribution in [3.05, 3.63) is 52.2 Å². The van der Waals surface area contributed by atoms with Gasteiger partial charge in [0.25, 0.3) is 0 Å². The van der Waals surface area contributed by atoms with Crippen molar-refractivity contribution in [2.75, 3.05) is 0 Å². The number of aromatic nitrogens is 1. The minimum Gasteiger partial charge on any atom is -0.458 e. The molecule has 18 heavy (non-hydrogen) atoms. The molecule has 3 rings (SSSR count). The highest BCUT2D eigenvalue weighted by atomic mass is 32.1. The molecule has 0 fully saturated rings. The van der Waals surface area contributed by atoms with Crippen LogP contribution in [0.25, 0.3) is 11.0 Å². The Hall–Kier alpha value is -1.65. The average molecular weight is 259 g/mol. The van der Waals surface area contributed by atoms with E-state index in [4.69, 9.17) is 4.42 Å². The zero-order chi connectivity index (χ0) is 12.5. The van der Waals surface area contributed by atoms with E-state index in [1.807, 2.05) is 42.6 Å². The van der Waals surface area contributed by atoms with Crippen LogP contribution in [-0.2, 0) is 6.42 Å². The number of hydrogen-bond acceptors (Lipinski definition) is 4. The molecule has 92 valence electrons. The van der Waals surface area contributed by atoms with E-state index in [0.29, 0.717) is 12.2 Å². The van der Waals surface area contributed by atoms with Crippen molar-refractivity contribution in [3.8, 4) is 0 Å². The van der Waals surface area contributed by atoms with Crippen LogP contribution < -0.4 is 0 Å². The van der Waals surface area contributed by atoms with Crippen molar-refractivity contribution >= 4 is 22.3 Å². The Balaban J connectivity index is 1.85. The van der Waals surface area contributed by atoms with Crippen molar-refractivity contribution in [2.24, 2.45) is 0 Å². The average Bonchev–Trinajstić information content (AvgIpc) is 2.95. The summed E-state index contributed by atoms with van der Waals surface area (Å²) in [5.74, 6) is 0.601. The monoisotopic (exact) mass is 259 g/mol. The van der Waals surface area contributed by atoms with Crippen molar-refractivity contribution in [1.29, 1.82) is 0 Å². The summed E-state index contributed by atoms with van der Waals surface area (Å²) in [6.45, 7) is 1.95. The van der Waals surface area contributed by atoms with Gasteiger partial charge in [-0.25, -0.2) is 4.98 Å². The molecule has 3 nitrogen and oxygen atoms in total. The number of para-hydroxylation sites is 1. The maximum Gasteiger partial charge on any atom is 0.134 e. The molecule has 0 radical (unpaired) electrons. The van der Waals surface area contributed by atoms with Crippen LogP contribution in [0.5, 0.6) is 0 Å². The molecule has 1 aromatic carbocycles. The van der Waals surface area contributed by atoms with Gasteiger partial charge in [-0.3, -0.25) is 0 Å². The van der Waals surface area contributed by atoms with Crippen LogP contribution >= 0.6 is 11.3 Å². The number of aryl methyl sites for hydroxylation is 1. The molecule has 0 saturated heterocycles. The molecule has 0 amide bonds. The van der Waals surface area contributed by atoms with E-state index >= 15 is 0 Å². The van der Waals surface area contributed by atoms with E-state index in [2.05, 4.69) is 4.98 Å². The fourth-order valence-electron chi connectivity index (χ4n) is 1.93. The van der Waals surface area contributed by atoms with Crippen molar-refractivity contribution in [1.82, 2.24) is 4.98 Å². The number of nitrogens with zero attached hydrogens (tertiary/aromatic N) is 1. The number of rotatable bonds is 3. The van der Waals surface area contributed by atoms with Gasteiger partial charge in [-0.05, 0) is 19.1 Å². The van der Waals surface area contributed by atoms with Crippen molar-refractivity contribution in [2.45, 2.75) is 19.4 Å². The highest BCUT2D eigenvalue weighted by molar-refractivity contribution is 7.09. The second-order valence-electron chi connectivity index (χ2n) is 4.29. The molecule has 1 atom stereocenters. The smallest absolute Gasteiger partial charge is 0.134 e. The molecule has 0 bridgehead atoms. The Bertz CT molecular complexity index is 638. The Morgan fingerprint density at radius 3 is 2.94 bits per heavy atom. The second kappa shape index (κ2) is 4.55. The molecule has 1 unspecified atom stereocenters. The first kappa shape index (κ1) is 11.4. The lowest BCUT2D eigenvalue weighted by Gasteiger charge is -2.04. The van der Waals surface area contributed by atoms with Gasteiger partial charge < -0.3 is 9.52 Å². The number of benzene rings is 1. The summed E-state index contributed by atoms with van der Waals surface area (Å²) in [4.78, 5) is 4.35. The Kier molecular flexibility index (Phi) is 2.89. The Labute approximate surface area is 109 Å². The van der Waals surface area contributed by atoms with Gasteiger partial charge >= 0.3 is 0 Å². The van der Waals surface area contributed by atoms with E-state index in [1.54, 1.807) is 11.3 Å². The van der Waals surface area contributed by atoms with Crippen LogP contribution in [0.1, 0.15) is 22.6 Å². The molecule has 0 aliphatic carbocycles. The van der Waals surface area contributed by atoms with Crippen LogP contribution in [0.3, 0.4) is 0 Å². The van der Waals surface area contributed by atoms with Gasteiger partial charge in [0.2, 0.25) is 0 Å². The number of aliphatic hydroxyl groups excluding tert-OH is 1. The second-order valence-corrected chi connectivity index (χ2v) is 5.23. The van der Waals surface area contributed by atoms with Crippen LogP contribution in [0.2, 0.25) is 0 Å². The first-order valence-electron chi connectivity index (χ1n) is 5.80. The fourth-order valence-corrected chi connectivity index (χ4v) is 2.74. The van der Waals surface area contributed by atoms with E-state index in [1.165, 1.54) is 0 Å². The number of hydrogen-bond donors (Lipinski definition) is 1. The summed E-state index contributed by atoms with van der Waals surface area (Å²) in [5, 5.41) is 14.1. The Morgan fingerprint density at radius 1 is 1.39 bits per heavy atom. The summed E-state index contributed by atoms with van der Waals surface area (Å²) in [6.07, 6.45) is -0.138. The van der Waals surface area contributed by atoms with Crippen molar-refractivity contribution < 1.29 is 9.52 Å². The molecule has 4 heteroatoms. The number of thiazole rings is 1. The van der Waals surface area contributed by atoms with Crippen LogP contribution in [0.4, 0.5) is 0 Å². The lowest BCUT2D eigenvalue weighted by atomic mass is 10.2. The highest BCUT2D eigenvalue weighted by Crippen LogP contribution is 2.26. The molecule has 2 heterocycles. The standard InChI is InChI=1S/C14H13NO2S/c1-9-8-18-14(15-9)7-11(16)13-6-10-4-2-3-5-12(10)17-13/h2-6,8,11,16H,7H2,1H3. The molecule has 3 aromatic rings. The van der Waals surface area contributed by atoms with Gasteiger partial charge in [0.05, 0.1) is 5.01 Å². The molecule has 0 aliphatic rings. The van der Waals surface area contributed by atoms with Crippen LogP contribution in [0, 0.1) is 6.92 Å².